The Morgan fingerprint density at radius 2 is 1.93 bits per heavy atom. The van der Waals surface area contributed by atoms with Gasteiger partial charge in [0.25, 0.3) is 6.43 Å². The standard InChI is InChI=1S/C11H22F2N2/c1-15(8-11(12)13)7-9-5-3-2-4-6-10(9)14/h9-11H,2-8,14H2,1H3. The van der Waals surface area contributed by atoms with Crippen LogP contribution in [0.1, 0.15) is 32.1 Å². The fraction of sp³-hybridized carbons (Fsp3) is 1.00. The topological polar surface area (TPSA) is 29.3 Å². The molecule has 1 aliphatic carbocycles. The monoisotopic (exact) mass is 220 g/mol. The summed E-state index contributed by atoms with van der Waals surface area (Å²) in [6, 6.07) is 0.202. The van der Waals surface area contributed by atoms with Gasteiger partial charge >= 0.3 is 0 Å². The molecule has 0 radical (unpaired) electrons. The van der Waals surface area contributed by atoms with Crippen LogP contribution in [0.15, 0.2) is 0 Å². The molecular weight excluding hydrogens is 198 g/mol. The second kappa shape index (κ2) is 6.38. The van der Waals surface area contributed by atoms with E-state index in [2.05, 4.69) is 0 Å². The molecule has 0 aromatic carbocycles. The molecule has 0 saturated heterocycles. The largest absolute Gasteiger partial charge is 0.327 e. The van der Waals surface area contributed by atoms with Crippen LogP contribution in [0.25, 0.3) is 0 Å². The van der Waals surface area contributed by atoms with Gasteiger partial charge in [-0.1, -0.05) is 19.3 Å². The lowest BCUT2D eigenvalue weighted by Crippen LogP contribution is -2.38. The molecule has 4 heteroatoms. The number of halogens is 2. The van der Waals surface area contributed by atoms with E-state index in [9.17, 15) is 8.78 Å². The SMILES string of the molecule is CN(CC(F)F)CC1CCCCCC1N. The molecule has 0 amide bonds. The minimum absolute atomic E-state index is 0.136. The van der Waals surface area contributed by atoms with Gasteiger partial charge in [0.1, 0.15) is 0 Å². The molecule has 2 N–H and O–H groups in total. The van der Waals surface area contributed by atoms with Crippen LogP contribution in [0.5, 0.6) is 0 Å². The first kappa shape index (κ1) is 12.8. The molecule has 0 aliphatic heterocycles. The number of alkyl halides is 2. The van der Waals surface area contributed by atoms with Gasteiger partial charge in [0.15, 0.2) is 0 Å². The lowest BCUT2D eigenvalue weighted by molar-refractivity contribution is 0.0900. The predicted molar refractivity (Wildman–Crippen MR) is 58.1 cm³/mol. The van der Waals surface area contributed by atoms with Crippen LogP contribution in [-0.4, -0.2) is 37.5 Å². The van der Waals surface area contributed by atoms with Crippen molar-refractivity contribution in [3.63, 3.8) is 0 Å². The molecule has 1 fully saturated rings. The first-order valence-electron chi connectivity index (χ1n) is 5.82. The van der Waals surface area contributed by atoms with Gasteiger partial charge in [-0.3, -0.25) is 0 Å². The summed E-state index contributed by atoms with van der Waals surface area (Å²) in [5, 5.41) is 0. The Morgan fingerprint density at radius 1 is 1.27 bits per heavy atom. The van der Waals surface area contributed by atoms with Gasteiger partial charge in [-0.05, 0) is 25.8 Å². The molecule has 0 heterocycles. The molecular formula is C11H22F2N2. The number of hydrogen-bond acceptors (Lipinski definition) is 2. The molecule has 2 nitrogen and oxygen atoms in total. The number of rotatable bonds is 4. The quantitative estimate of drug-likeness (QED) is 0.735. The van der Waals surface area contributed by atoms with E-state index in [1.165, 1.54) is 19.3 Å². The van der Waals surface area contributed by atoms with Gasteiger partial charge in [0.05, 0.1) is 6.54 Å². The Hall–Kier alpha value is -0.220. The molecule has 2 unspecified atom stereocenters. The highest BCUT2D eigenvalue weighted by Crippen LogP contribution is 2.22. The van der Waals surface area contributed by atoms with Gasteiger partial charge < -0.3 is 10.6 Å². The highest BCUT2D eigenvalue weighted by Gasteiger charge is 2.22. The number of nitrogens with zero attached hydrogens (tertiary/aromatic N) is 1. The van der Waals surface area contributed by atoms with Crippen molar-refractivity contribution in [2.45, 2.75) is 44.6 Å². The minimum atomic E-state index is -2.24. The van der Waals surface area contributed by atoms with Crippen LogP contribution in [-0.2, 0) is 0 Å². The average Bonchev–Trinajstić information content (AvgIpc) is 2.30. The summed E-state index contributed by atoms with van der Waals surface area (Å²) < 4.78 is 24.3. The minimum Gasteiger partial charge on any atom is -0.327 e. The van der Waals surface area contributed by atoms with Crippen molar-refractivity contribution in [2.24, 2.45) is 11.7 Å². The summed E-state index contributed by atoms with van der Waals surface area (Å²) in [5.74, 6) is 0.399. The van der Waals surface area contributed by atoms with Crippen LogP contribution in [0.2, 0.25) is 0 Å². The third-order valence-corrected chi connectivity index (χ3v) is 3.21. The zero-order valence-electron chi connectivity index (χ0n) is 9.46. The highest BCUT2D eigenvalue weighted by atomic mass is 19.3. The molecule has 15 heavy (non-hydrogen) atoms. The second-order valence-corrected chi connectivity index (χ2v) is 4.67. The highest BCUT2D eigenvalue weighted by molar-refractivity contribution is 4.78. The predicted octanol–water partition coefficient (Wildman–Crippen LogP) is 2.09. The lowest BCUT2D eigenvalue weighted by atomic mass is 9.95. The maximum atomic E-state index is 12.1. The second-order valence-electron chi connectivity index (χ2n) is 4.67. The maximum Gasteiger partial charge on any atom is 0.251 e. The third-order valence-electron chi connectivity index (χ3n) is 3.21. The molecule has 1 rings (SSSR count). The lowest BCUT2D eigenvalue weighted by Gasteiger charge is -2.26. The van der Waals surface area contributed by atoms with E-state index >= 15 is 0 Å². The summed E-state index contributed by atoms with van der Waals surface area (Å²) in [5.41, 5.74) is 6.04. The normalized spacial score (nSPS) is 28.4. The van der Waals surface area contributed by atoms with Crippen molar-refractivity contribution in [3.8, 4) is 0 Å². The summed E-state index contributed by atoms with van der Waals surface area (Å²) in [6.45, 7) is 0.578. The maximum absolute atomic E-state index is 12.1. The zero-order chi connectivity index (χ0) is 11.3. The van der Waals surface area contributed by atoms with E-state index < -0.39 is 6.43 Å². The fourth-order valence-electron chi connectivity index (χ4n) is 2.35. The van der Waals surface area contributed by atoms with E-state index in [0.29, 0.717) is 12.5 Å². The van der Waals surface area contributed by atoms with Crippen LogP contribution in [0, 0.1) is 5.92 Å². The average molecular weight is 220 g/mol. The van der Waals surface area contributed by atoms with E-state index in [0.717, 1.165) is 12.8 Å². The summed E-state index contributed by atoms with van der Waals surface area (Å²) in [7, 11) is 1.75. The van der Waals surface area contributed by atoms with Gasteiger partial charge in [0, 0.05) is 12.6 Å². The summed E-state index contributed by atoms with van der Waals surface area (Å²) in [4.78, 5) is 1.71. The van der Waals surface area contributed by atoms with Gasteiger partial charge in [0.2, 0.25) is 0 Å². The molecule has 0 aromatic rings. The Morgan fingerprint density at radius 3 is 2.60 bits per heavy atom. The van der Waals surface area contributed by atoms with Crippen molar-refractivity contribution in [1.29, 1.82) is 0 Å². The van der Waals surface area contributed by atoms with Gasteiger partial charge in [-0.25, -0.2) is 8.78 Å². The van der Waals surface area contributed by atoms with E-state index in [4.69, 9.17) is 5.73 Å². The first-order valence-corrected chi connectivity index (χ1v) is 5.82. The Bertz CT molecular complexity index is 176. The number of nitrogens with two attached hydrogens (primary N) is 1. The summed E-state index contributed by atoms with van der Waals surface area (Å²) in [6.07, 6.45) is 3.53. The molecule has 2 atom stereocenters. The van der Waals surface area contributed by atoms with Gasteiger partial charge in [-0.15, -0.1) is 0 Å². The molecule has 0 spiro atoms. The number of hydrogen-bond donors (Lipinski definition) is 1. The molecule has 90 valence electrons. The smallest absolute Gasteiger partial charge is 0.251 e. The van der Waals surface area contributed by atoms with Crippen LogP contribution < -0.4 is 5.73 Å². The van der Waals surface area contributed by atoms with Crippen molar-refractivity contribution in [2.75, 3.05) is 20.1 Å². The van der Waals surface area contributed by atoms with Crippen molar-refractivity contribution in [3.05, 3.63) is 0 Å². The van der Waals surface area contributed by atoms with Crippen LogP contribution in [0.4, 0.5) is 8.78 Å². The van der Waals surface area contributed by atoms with Crippen molar-refractivity contribution < 1.29 is 8.78 Å². The van der Waals surface area contributed by atoms with E-state index in [-0.39, 0.29) is 12.6 Å². The Kier molecular flexibility index (Phi) is 5.47. The Balaban J connectivity index is 2.33. The first-order chi connectivity index (χ1) is 7.09. The molecule has 1 aliphatic rings. The summed E-state index contributed by atoms with van der Waals surface area (Å²) >= 11 is 0. The zero-order valence-corrected chi connectivity index (χ0v) is 9.46. The molecule has 0 bridgehead atoms. The Labute approximate surface area is 90.8 Å². The third kappa shape index (κ3) is 4.89. The van der Waals surface area contributed by atoms with Crippen molar-refractivity contribution >= 4 is 0 Å². The van der Waals surface area contributed by atoms with Gasteiger partial charge in [-0.2, -0.15) is 0 Å². The fourth-order valence-corrected chi connectivity index (χ4v) is 2.35. The van der Waals surface area contributed by atoms with Crippen LogP contribution in [0.3, 0.4) is 0 Å². The van der Waals surface area contributed by atoms with Crippen molar-refractivity contribution in [1.82, 2.24) is 4.90 Å². The van der Waals surface area contributed by atoms with E-state index in [1.54, 1.807) is 11.9 Å². The molecule has 0 aromatic heterocycles. The van der Waals surface area contributed by atoms with Crippen LogP contribution >= 0.6 is 0 Å². The van der Waals surface area contributed by atoms with E-state index in [1.807, 2.05) is 0 Å². The molecule has 1 saturated carbocycles.